The Hall–Kier alpha value is -0.0800. The molecule has 0 aromatic carbocycles. The Morgan fingerprint density at radius 1 is 1.05 bits per heavy atom. The highest BCUT2D eigenvalue weighted by molar-refractivity contribution is 4.93. The van der Waals surface area contributed by atoms with Gasteiger partial charge in [0, 0.05) is 18.1 Å². The van der Waals surface area contributed by atoms with Crippen LogP contribution in [-0.2, 0) is 0 Å². The molecule has 0 spiro atoms. The van der Waals surface area contributed by atoms with Crippen LogP contribution in [0.2, 0.25) is 0 Å². The number of rotatable bonds is 6. The summed E-state index contributed by atoms with van der Waals surface area (Å²) in [6.07, 6.45) is 11.3. The summed E-state index contributed by atoms with van der Waals surface area (Å²) in [6.45, 7) is 9.53. The third kappa shape index (κ3) is 3.95. The van der Waals surface area contributed by atoms with Crippen LogP contribution in [0.5, 0.6) is 0 Å². The van der Waals surface area contributed by atoms with Crippen LogP contribution in [0.3, 0.4) is 0 Å². The lowest BCUT2D eigenvalue weighted by Gasteiger charge is -2.45. The lowest BCUT2D eigenvalue weighted by atomic mass is 9.81. The van der Waals surface area contributed by atoms with Crippen LogP contribution < -0.4 is 5.32 Å². The van der Waals surface area contributed by atoms with Gasteiger partial charge >= 0.3 is 0 Å². The average molecular weight is 266 g/mol. The zero-order chi connectivity index (χ0) is 13.7. The fraction of sp³-hybridized carbons (Fsp3) is 1.00. The topological polar surface area (TPSA) is 15.3 Å². The molecule has 112 valence electrons. The maximum absolute atomic E-state index is 3.84. The van der Waals surface area contributed by atoms with Crippen molar-refractivity contribution in [3.05, 3.63) is 0 Å². The largest absolute Gasteiger partial charge is 0.312 e. The zero-order valence-corrected chi connectivity index (χ0v) is 13.3. The molecule has 3 unspecified atom stereocenters. The summed E-state index contributed by atoms with van der Waals surface area (Å²) in [5, 5.41) is 3.84. The third-order valence-corrected chi connectivity index (χ3v) is 5.32. The Morgan fingerprint density at radius 2 is 1.79 bits per heavy atom. The van der Waals surface area contributed by atoms with Crippen LogP contribution in [-0.4, -0.2) is 36.1 Å². The van der Waals surface area contributed by atoms with E-state index in [2.05, 4.69) is 31.0 Å². The highest BCUT2D eigenvalue weighted by atomic mass is 15.2. The first-order valence-electron chi connectivity index (χ1n) is 8.75. The molecule has 0 radical (unpaired) electrons. The monoisotopic (exact) mass is 266 g/mol. The summed E-state index contributed by atoms with van der Waals surface area (Å²) in [4.78, 5) is 2.86. The molecular formula is C17H34N2. The zero-order valence-electron chi connectivity index (χ0n) is 13.3. The second kappa shape index (κ2) is 7.64. The van der Waals surface area contributed by atoms with Crippen LogP contribution in [0.4, 0.5) is 0 Å². The average Bonchev–Trinajstić information content (AvgIpc) is 2.93. The Labute approximate surface area is 120 Å². The summed E-state index contributed by atoms with van der Waals surface area (Å²) >= 11 is 0. The molecule has 0 heterocycles. The SMILES string of the molecule is CCCNC1CCC(C)CC1N(CC)C1CCCC1. The minimum absolute atomic E-state index is 0.747. The second-order valence-electron chi connectivity index (χ2n) is 6.81. The van der Waals surface area contributed by atoms with Gasteiger partial charge in [-0.2, -0.15) is 0 Å². The molecule has 2 rings (SSSR count). The fourth-order valence-corrected chi connectivity index (χ4v) is 4.28. The molecule has 2 fully saturated rings. The number of likely N-dealkylation sites (N-methyl/N-ethyl adjacent to an activating group) is 1. The molecule has 0 aliphatic heterocycles. The van der Waals surface area contributed by atoms with Crippen LogP contribution in [0.25, 0.3) is 0 Å². The molecule has 19 heavy (non-hydrogen) atoms. The van der Waals surface area contributed by atoms with Crippen molar-refractivity contribution in [3.63, 3.8) is 0 Å². The van der Waals surface area contributed by atoms with Gasteiger partial charge in [-0.1, -0.05) is 33.6 Å². The smallest absolute Gasteiger partial charge is 0.0254 e. The van der Waals surface area contributed by atoms with Gasteiger partial charge in [0.2, 0.25) is 0 Å². The van der Waals surface area contributed by atoms with E-state index in [-0.39, 0.29) is 0 Å². The summed E-state index contributed by atoms with van der Waals surface area (Å²) in [6, 6.07) is 2.42. The van der Waals surface area contributed by atoms with Gasteiger partial charge in [-0.05, 0) is 57.5 Å². The first kappa shape index (κ1) is 15.3. The first-order valence-corrected chi connectivity index (χ1v) is 8.75. The van der Waals surface area contributed by atoms with Crippen molar-refractivity contribution in [2.24, 2.45) is 5.92 Å². The third-order valence-electron chi connectivity index (χ3n) is 5.32. The van der Waals surface area contributed by atoms with E-state index in [1.54, 1.807) is 0 Å². The molecule has 0 aromatic rings. The molecule has 0 bridgehead atoms. The minimum Gasteiger partial charge on any atom is -0.312 e. The Balaban J connectivity index is 2.01. The van der Waals surface area contributed by atoms with Crippen LogP contribution in [0, 0.1) is 5.92 Å². The molecule has 2 aliphatic carbocycles. The van der Waals surface area contributed by atoms with Gasteiger partial charge in [-0.15, -0.1) is 0 Å². The first-order chi connectivity index (χ1) is 9.26. The van der Waals surface area contributed by atoms with Gasteiger partial charge in [0.25, 0.3) is 0 Å². The minimum atomic E-state index is 0.747. The lowest BCUT2D eigenvalue weighted by Crippen LogP contribution is -2.55. The molecule has 2 nitrogen and oxygen atoms in total. The number of nitrogens with one attached hydrogen (secondary N) is 1. The van der Waals surface area contributed by atoms with Crippen LogP contribution in [0.1, 0.15) is 72.1 Å². The van der Waals surface area contributed by atoms with Crippen molar-refractivity contribution >= 4 is 0 Å². The molecule has 2 aliphatic rings. The van der Waals surface area contributed by atoms with E-state index in [1.807, 2.05) is 0 Å². The normalized spacial score (nSPS) is 33.2. The molecule has 0 amide bonds. The van der Waals surface area contributed by atoms with E-state index in [4.69, 9.17) is 0 Å². The van der Waals surface area contributed by atoms with Crippen LogP contribution >= 0.6 is 0 Å². The standard InChI is InChI=1S/C17H34N2/c1-4-12-18-16-11-10-14(3)13-17(16)19(5-2)15-8-6-7-9-15/h14-18H,4-13H2,1-3H3. The molecule has 0 saturated heterocycles. The van der Waals surface area contributed by atoms with Gasteiger partial charge in [0.1, 0.15) is 0 Å². The molecule has 0 aromatic heterocycles. The van der Waals surface area contributed by atoms with Gasteiger partial charge in [0.15, 0.2) is 0 Å². The van der Waals surface area contributed by atoms with E-state index in [0.29, 0.717) is 0 Å². The van der Waals surface area contributed by atoms with Crippen molar-refractivity contribution in [1.29, 1.82) is 0 Å². The van der Waals surface area contributed by atoms with E-state index < -0.39 is 0 Å². The summed E-state index contributed by atoms with van der Waals surface area (Å²) in [5.74, 6) is 0.917. The van der Waals surface area contributed by atoms with Crippen molar-refractivity contribution in [3.8, 4) is 0 Å². The van der Waals surface area contributed by atoms with Crippen LogP contribution in [0.15, 0.2) is 0 Å². The van der Waals surface area contributed by atoms with Crippen molar-refractivity contribution in [2.75, 3.05) is 13.1 Å². The number of hydrogen-bond donors (Lipinski definition) is 1. The van der Waals surface area contributed by atoms with Crippen molar-refractivity contribution in [1.82, 2.24) is 10.2 Å². The van der Waals surface area contributed by atoms with Gasteiger partial charge in [-0.25, -0.2) is 0 Å². The predicted molar refractivity (Wildman–Crippen MR) is 83.5 cm³/mol. The number of hydrogen-bond acceptors (Lipinski definition) is 2. The summed E-state index contributed by atoms with van der Waals surface area (Å²) < 4.78 is 0. The molecule has 2 heteroatoms. The highest BCUT2D eigenvalue weighted by Gasteiger charge is 2.35. The maximum Gasteiger partial charge on any atom is 0.0254 e. The fourth-order valence-electron chi connectivity index (χ4n) is 4.28. The predicted octanol–water partition coefficient (Wildman–Crippen LogP) is 3.81. The molecular weight excluding hydrogens is 232 g/mol. The van der Waals surface area contributed by atoms with Gasteiger partial charge in [-0.3, -0.25) is 4.90 Å². The Morgan fingerprint density at radius 3 is 2.42 bits per heavy atom. The Kier molecular flexibility index (Phi) is 6.15. The van der Waals surface area contributed by atoms with E-state index in [9.17, 15) is 0 Å². The van der Waals surface area contributed by atoms with E-state index in [1.165, 1.54) is 64.5 Å². The summed E-state index contributed by atoms with van der Waals surface area (Å²) in [5.41, 5.74) is 0. The second-order valence-corrected chi connectivity index (χ2v) is 6.81. The highest BCUT2D eigenvalue weighted by Crippen LogP contribution is 2.33. The van der Waals surface area contributed by atoms with Crippen molar-refractivity contribution in [2.45, 2.75) is 90.3 Å². The van der Waals surface area contributed by atoms with Gasteiger partial charge < -0.3 is 5.32 Å². The number of nitrogens with zero attached hydrogens (tertiary/aromatic N) is 1. The Bertz CT molecular complexity index is 246. The molecule has 1 N–H and O–H groups in total. The molecule has 2 saturated carbocycles. The maximum atomic E-state index is 3.84. The van der Waals surface area contributed by atoms with E-state index in [0.717, 1.165) is 24.0 Å². The molecule has 3 atom stereocenters. The van der Waals surface area contributed by atoms with Gasteiger partial charge in [0.05, 0.1) is 0 Å². The quantitative estimate of drug-likeness (QED) is 0.786. The van der Waals surface area contributed by atoms with E-state index >= 15 is 0 Å². The lowest BCUT2D eigenvalue weighted by molar-refractivity contribution is 0.0692. The van der Waals surface area contributed by atoms with Crippen molar-refractivity contribution < 1.29 is 0 Å². The summed E-state index contributed by atoms with van der Waals surface area (Å²) in [7, 11) is 0.